The number of ether oxygens (including phenoxy) is 1. The predicted molar refractivity (Wildman–Crippen MR) is 53.0 cm³/mol. The van der Waals surface area contributed by atoms with Gasteiger partial charge in [0.25, 0.3) is 0 Å². The first-order valence-corrected chi connectivity index (χ1v) is 4.82. The van der Waals surface area contributed by atoms with Gasteiger partial charge in [0.2, 0.25) is 6.10 Å². The molecule has 2 unspecified atom stereocenters. The number of halogens is 3. The number of hydrogen-bond acceptors (Lipinski definition) is 3. The Kier molecular flexibility index (Phi) is 4.11. The van der Waals surface area contributed by atoms with Crippen LogP contribution >= 0.6 is 0 Å². The van der Waals surface area contributed by atoms with E-state index in [0.717, 1.165) is 0 Å². The van der Waals surface area contributed by atoms with Crippen molar-refractivity contribution < 1.29 is 27.8 Å². The van der Waals surface area contributed by atoms with Gasteiger partial charge in [-0.3, -0.25) is 0 Å². The minimum Gasteiger partial charge on any atom is -0.456 e. The average Bonchev–Trinajstić information content (AvgIpc) is 2.27. The van der Waals surface area contributed by atoms with Crippen molar-refractivity contribution in [1.82, 2.24) is 0 Å². The van der Waals surface area contributed by atoms with Crippen LogP contribution in [0.4, 0.5) is 13.2 Å². The maximum Gasteiger partial charge on any atom is 0.425 e. The second kappa shape index (κ2) is 5.18. The van der Waals surface area contributed by atoms with Crippen molar-refractivity contribution in [2.45, 2.75) is 25.3 Å². The number of alkyl halides is 3. The zero-order valence-electron chi connectivity index (χ0n) is 8.94. The molecule has 0 saturated carbocycles. The lowest BCUT2D eigenvalue weighted by Crippen LogP contribution is -2.38. The molecule has 0 spiro atoms. The molecular weight excluding hydrogens is 237 g/mol. The molecule has 0 bridgehead atoms. The maximum atomic E-state index is 12.0. The molecule has 0 aliphatic carbocycles. The summed E-state index contributed by atoms with van der Waals surface area (Å²) < 4.78 is 40.5. The van der Waals surface area contributed by atoms with Crippen LogP contribution in [0.15, 0.2) is 30.3 Å². The predicted octanol–water partition coefficient (Wildman–Crippen LogP) is 2.21. The lowest BCUT2D eigenvalue weighted by molar-refractivity contribution is -0.220. The Labute approximate surface area is 95.8 Å². The number of benzene rings is 1. The minimum absolute atomic E-state index is 0.551. The largest absolute Gasteiger partial charge is 0.456 e. The van der Waals surface area contributed by atoms with Crippen LogP contribution < -0.4 is 0 Å². The van der Waals surface area contributed by atoms with E-state index in [1.807, 2.05) is 0 Å². The average molecular weight is 248 g/mol. The molecule has 1 aromatic rings. The van der Waals surface area contributed by atoms with E-state index in [-0.39, 0.29) is 0 Å². The third-order valence-corrected chi connectivity index (χ3v) is 2.10. The molecule has 1 aromatic carbocycles. The van der Waals surface area contributed by atoms with Gasteiger partial charge in [0.05, 0.1) is 0 Å². The minimum atomic E-state index is -5.01. The van der Waals surface area contributed by atoms with Crippen molar-refractivity contribution in [1.29, 1.82) is 0 Å². The number of carbonyl (C=O) groups is 1. The SMILES string of the molecule is CC(OC(=O)C(O)C(F)(F)F)c1ccccc1. The summed E-state index contributed by atoms with van der Waals surface area (Å²) in [6.45, 7) is 1.43. The summed E-state index contributed by atoms with van der Waals surface area (Å²) in [6, 6.07) is 8.28. The molecule has 94 valence electrons. The van der Waals surface area contributed by atoms with E-state index in [9.17, 15) is 18.0 Å². The topological polar surface area (TPSA) is 46.5 Å². The highest BCUT2D eigenvalue weighted by Gasteiger charge is 2.45. The normalized spacial score (nSPS) is 15.1. The fourth-order valence-corrected chi connectivity index (χ4v) is 1.16. The van der Waals surface area contributed by atoms with Crippen molar-refractivity contribution in [2.24, 2.45) is 0 Å². The Bertz CT molecular complexity index is 375. The summed E-state index contributed by atoms with van der Waals surface area (Å²) in [5.41, 5.74) is 0.551. The molecule has 0 radical (unpaired) electrons. The van der Waals surface area contributed by atoms with E-state index in [0.29, 0.717) is 5.56 Å². The third kappa shape index (κ3) is 3.74. The van der Waals surface area contributed by atoms with Gasteiger partial charge < -0.3 is 9.84 Å². The molecule has 17 heavy (non-hydrogen) atoms. The highest BCUT2D eigenvalue weighted by atomic mass is 19.4. The molecule has 1 N–H and O–H groups in total. The lowest BCUT2D eigenvalue weighted by Gasteiger charge is -2.17. The Morgan fingerprint density at radius 1 is 1.29 bits per heavy atom. The van der Waals surface area contributed by atoms with Crippen LogP contribution in [-0.2, 0) is 9.53 Å². The maximum absolute atomic E-state index is 12.0. The molecule has 0 aromatic heterocycles. The Morgan fingerprint density at radius 2 is 1.82 bits per heavy atom. The highest BCUT2D eigenvalue weighted by Crippen LogP contribution is 2.23. The van der Waals surface area contributed by atoms with Crippen molar-refractivity contribution in [3.8, 4) is 0 Å². The lowest BCUT2D eigenvalue weighted by atomic mass is 10.1. The van der Waals surface area contributed by atoms with Crippen molar-refractivity contribution in [2.75, 3.05) is 0 Å². The van der Waals surface area contributed by atoms with Crippen LogP contribution in [0.5, 0.6) is 0 Å². The summed E-state index contributed by atoms with van der Waals surface area (Å²) in [5.74, 6) is -1.70. The molecule has 2 atom stereocenters. The molecular formula is C11H11F3O3. The quantitative estimate of drug-likeness (QED) is 0.834. The summed E-state index contributed by atoms with van der Waals surface area (Å²) in [6.07, 6.45) is -8.96. The number of aliphatic hydroxyl groups is 1. The van der Waals surface area contributed by atoms with Gasteiger partial charge in [-0.25, -0.2) is 4.79 Å². The van der Waals surface area contributed by atoms with Crippen LogP contribution in [0.2, 0.25) is 0 Å². The standard InChI is InChI=1S/C11H11F3O3/c1-7(8-5-3-2-4-6-8)17-10(16)9(15)11(12,13)14/h2-7,9,15H,1H3. The number of hydrogen-bond donors (Lipinski definition) is 1. The smallest absolute Gasteiger partial charge is 0.425 e. The molecule has 6 heteroatoms. The highest BCUT2D eigenvalue weighted by molar-refractivity contribution is 5.75. The van der Waals surface area contributed by atoms with E-state index in [4.69, 9.17) is 5.11 Å². The third-order valence-electron chi connectivity index (χ3n) is 2.10. The van der Waals surface area contributed by atoms with Gasteiger partial charge in [0, 0.05) is 0 Å². The summed E-state index contributed by atoms with van der Waals surface area (Å²) >= 11 is 0. The van der Waals surface area contributed by atoms with E-state index in [1.165, 1.54) is 6.92 Å². The monoisotopic (exact) mass is 248 g/mol. The van der Waals surface area contributed by atoms with Crippen molar-refractivity contribution in [3.63, 3.8) is 0 Å². The molecule has 3 nitrogen and oxygen atoms in total. The van der Waals surface area contributed by atoms with Gasteiger partial charge in [-0.1, -0.05) is 30.3 Å². The van der Waals surface area contributed by atoms with Gasteiger partial charge in [0.1, 0.15) is 6.10 Å². The first-order chi connectivity index (χ1) is 7.82. The second-order valence-corrected chi connectivity index (χ2v) is 3.43. The molecule has 0 aliphatic rings. The second-order valence-electron chi connectivity index (χ2n) is 3.43. The molecule has 0 amide bonds. The van der Waals surface area contributed by atoms with Crippen molar-refractivity contribution in [3.05, 3.63) is 35.9 Å². The van der Waals surface area contributed by atoms with E-state index in [1.54, 1.807) is 30.3 Å². The zero-order valence-corrected chi connectivity index (χ0v) is 8.94. The Morgan fingerprint density at radius 3 is 2.29 bits per heavy atom. The fourth-order valence-electron chi connectivity index (χ4n) is 1.16. The first-order valence-electron chi connectivity index (χ1n) is 4.82. The van der Waals surface area contributed by atoms with Crippen LogP contribution in [0.3, 0.4) is 0 Å². The van der Waals surface area contributed by atoms with Gasteiger partial charge in [-0.2, -0.15) is 13.2 Å². The molecule has 0 saturated heterocycles. The number of carbonyl (C=O) groups excluding carboxylic acids is 1. The Balaban J connectivity index is 2.64. The van der Waals surface area contributed by atoms with Crippen LogP contribution in [0.1, 0.15) is 18.6 Å². The molecule has 0 fully saturated rings. The molecule has 0 aliphatic heterocycles. The fraction of sp³-hybridized carbons (Fsp3) is 0.364. The van der Waals surface area contributed by atoms with Gasteiger partial charge in [-0.15, -0.1) is 0 Å². The first kappa shape index (κ1) is 13.5. The van der Waals surface area contributed by atoms with Crippen molar-refractivity contribution >= 4 is 5.97 Å². The summed E-state index contributed by atoms with van der Waals surface area (Å²) in [7, 11) is 0. The molecule has 1 rings (SSSR count). The summed E-state index contributed by atoms with van der Waals surface area (Å²) in [4.78, 5) is 11.0. The van der Waals surface area contributed by atoms with Gasteiger partial charge >= 0.3 is 12.1 Å². The molecule has 0 heterocycles. The van der Waals surface area contributed by atoms with Crippen LogP contribution in [0, 0.1) is 0 Å². The Hall–Kier alpha value is -1.56. The van der Waals surface area contributed by atoms with E-state index >= 15 is 0 Å². The zero-order chi connectivity index (χ0) is 13.1. The number of aliphatic hydroxyl groups excluding tert-OH is 1. The van der Waals surface area contributed by atoms with E-state index in [2.05, 4.69) is 4.74 Å². The number of esters is 1. The van der Waals surface area contributed by atoms with Crippen LogP contribution in [-0.4, -0.2) is 23.4 Å². The van der Waals surface area contributed by atoms with Crippen LogP contribution in [0.25, 0.3) is 0 Å². The van der Waals surface area contributed by atoms with Gasteiger partial charge in [-0.05, 0) is 12.5 Å². The van der Waals surface area contributed by atoms with Gasteiger partial charge in [0.15, 0.2) is 0 Å². The number of rotatable bonds is 3. The van der Waals surface area contributed by atoms with E-state index < -0.39 is 24.4 Å². The summed E-state index contributed by atoms with van der Waals surface area (Å²) in [5, 5.41) is 8.65.